The highest BCUT2D eigenvalue weighted by molar-refractivity contribution is 5.22. The maximum Gasteiger partial charge on any atom is 0.115 e. The van der Waals surface area contributed by atoms with Crippen molar-refractivity contribution in [3.8, 4) is 0 Å². The average molecular weight is 213 g/mol. The summed E-state index contributed by atoms with van der Waals surface area (Å²) in [6, 6.07) is 10.3. The van der Waals surface area contributed by atoms with Gasteiger partial charge in [-0.15, -0.1) is 0 Å². The van der Waals surface area contributed by atoms with Crippen molar-refractivity contribution in [1.82, 2.24) is 9.97 Å². The predicted octanol–water partition coefficient (Wildman–Crippen LogP) is 1.76. The summed E-state index contributed by atoms with van der Waals surface area (Å²) in [5.74, 6) is 0.340. The van der Waals surface area contributed by atoms with Crippen LogP contribution in [-0.2, 0) is 6.42 Å². The van der Waals surface area contributed by atoms with Gasteiger partial charge in [0.05, 0.1) is 0 Å². The van der Waals surface area contributed by atoms with Gasteiger partial charge in [0.2, 0.25) is 0 Å². The number of hydrogen-bond donors (Lipinski definition) is 1. The zero-order chi connectivity index (χ0) is 11.2. The van der Waals surface area contributed by atoms with Gasteiger partial charge in [-0.05, 0) is 24.1 Å². The molecule has 1 atom stereocenters. The van der Waals surface area contributed by atoms with Crippen LogP contribution in [0.5, 0.6) is 0 Å². The summed E-state index contributed by atoms with van der Waals surface area (Å²) in [5.41, 5.74) is 8.21. The molecular weight excluding hydrogens is 198 g/mol. The molecule has 82 valence electrons. The molecule has 1 aromatic heterocycles. The van der Waals surface area contributed by atoms with Crippen LogP contribution >= 0.6 is 0 Å². The lowest BCUT2D eigenvalue weighted by molar-refractivity contribution is 0.690. The van der Waals surface area contributed by atoms with Crippen LogP contribution in [0.1, 0.15) is 17.0 Å². The van der Waals surface area contributed by atoms with Crippen molar-refractivity contribution in [2.45, 2.75) is 12.3 Å². The van der Waals surface area contributed by atoms with Gasteiger partial charge >= 0.3 is 0 Å². The summed E-state index contributed by atoms with van der Waals surface area (Å²) in [7, 11) is 0. The Morgan fingerprint density at radius 3 is 2.38 bits per heavy atom. The molecule has 2 rings (SSSR count). The Balaban J connectivity index is 2.13. The topological polar surface area (TPSA) is 51.8 Å². The molecule has 0 aliphatic carbocycles. The van der Waals surface area contributed by atoms with Crippen LogP contribution in [0.15, 0.2) is 49.1 Å². The average Bonchev–Trinajstić information content (AvgIpc) is 2.38. The molecule has 0 saturated carbocycles. The zero-order valence-corrected chi connectivity index (χ0v) is 9.08. The summed E-state index contributed by atoms with van der Waals surface area (Å²) in [6.07, 6.45) is 6.13. The van der Waals surface area contributed by atoms with Gasteiger partial charge < -0.3 is 5.73 Å². The minimum absolute atomic E-state index is 0.340. The minimum atomic E-state index is 0.340. The maximum atomic E-state index is 5.81. The maximum absolute atomic E-state index is 5.81. The fraction of sp³-hybridized carbons (Fsp3) is 0.231. The van der Waals surface area contributed by atoms with Gasteiger partial charge in [-0.25, -0.2) is 9.97 Å². The van der Waals surface area contributed by atoms with Gasteiger partial charge in [-0.2, -0.15) is 0 Å². The molecule has 0 radical (unpaired) electrons. The van der Waals surface area contributed by atoms with Crippen molar-refractivity contribution in [3.05, 3.63) is 60.2 Å². The molecule has 3 heteroatoms. The first-order chi connectivity index (χ1) is 7.90. The molecule has 0 spiro atoms. The smallest absolute Gasteiger partial charge is 0.115 e. The third-order valence-corrected chi connectivity index (χ3v) is 2.65. The number of nitrogens with two attached hydrogens (primary N) is 1. The van der Waals surface area contributed by atoms with Crippen molar-refractivity contribution in [2.75, 3.05) is 6.54 Å². The Hall–Kier alpha value is -1.74. The molecule has 0 aliphatic rings. The molecule has 0 aliphatic heterocycles. The molecule has 0 saturated heterocycles. The van der Waals surface area contributed by atoms with E-state index in [4.69, 9.17) is 5.73 Å². The largest absolute Gasteiger partial charge is 0.330 e. The van der Waals surface area contributed by atoms with Crippen molar-refractivity contribution in [1.29, 1.82) is 0 Å². The van der Waals surface area contributed by atoms with Gasteiger partial charge in [0, 0.05) is 18.3 Å². The molecule has 1 aromatic carbocycles. The second kappa shape index (κ2) is 5.37. The lowest BCUT2D eigenvalue weighted by Gasteiger charge is -2.14. The molecule has 16 heavy (non-hydrogen) atoms. The van der Waals surface area contributed by atoms with E-state index in [1.807, 2.05) is 30.6 Å². The Labute approximate surface area is 95.4 Å². The van der Waals surface area contributed by atoms with E-state index in [2.05, 4.69) is 22.1 Å². The molecule has 2 N–H and O–H groups in total. The van der Waals surface area contributed by atoms with Crippen LogP contribution < -0.4 is 5.73 Å². The Morgan fingerprint density at radius 1 is 1.06 bits per heavy atom. The quantitative estimate of drug-likeness (QED) is 0.842. The second-order valence-corrected chi connectivity index (χ2v) is 3.79. The fourth-order valence-electron chi connectivity index (χ4n) is 1.78. The fourth-order valence-corrected chi connectivity index (χ4v) is 1.78. The first-order valence-electron chi connectivity index (χ1n) is 5.39. The summed E-state index contributed by atoms with van der Waals surface area (Å²) >= 11 is 0. The van der Waals surface area contributed by atoms with E-state index >= 15 is 0 Å². The van der Waals surface area contributed by atoms with Gasteiger partial charge in [0.25, 0.3) is 0 Å². The Kier molecular flexibility index (Phi) is 3.62. The van der Waals surface area contributed by atoms with Crippen LogP contribution in [0.25, 0.3) is 0 Å². The number of nitrogens with zero attached hydrogens (tertiary/aromatic N) is 2. The van der Waals surface area contributed by atoms with Gasteiger partial charge in [0.15, 0.2) is 0 Å². The van der Waals surface area contributed by atoms with Crippen molar-refractivity contribution >= 4 is 0 Å². The van der Waals surface area contributed by atoms with Gasteiger partial charge in [0.1, 0.15) is 6.33 Å². The van der Waals surface area contributed by atoms with Crippen LogP contribution in [0.4, 0.5) is 0 Å². The Bertz CT molecular complexity index is 414. The van der Waals surface area contributed by atoms with E-state index in [1.54, 1.807) is 6.33 Å². The third-order valence-electron chi connectivity index (χ3n) is 2.65. The van der Waals surface area contributed by atoms with E-state index in [-0.39, 0.29) is 0 Å². The molecular formula is C13H15N3. The molecule has 1 heterocycles. The molecule has 0 fully saturated rings. The van der Waals surface area contributed by atoms with E-state index < -0.39 is 0 Å². The van der Waals surface area contributed by atoms with E-state index in [9.17, 15) is 0 Å². The highest BCUT2D eigenvalue weighted by Crippen LogP contribution is 2.18. The summed E-state index contributed by atoms with van der Waals surface area (Å²) in [4.78, 5) is 8.03. The standard InChI is InChI=1S/C13H15N3/c14-7-13(12-4-2-1-3-5-12)6-11-8-15-10-16-9-11/h1-5,8-10,13H,6-7,14H2. The van der Waals surface area contributed by atoms with E-state index in [1.165, 1.54) is 5.56 Å². The van der Waals surface area contributed by atoms with Crippen LogP contribution in [0.2, 0.25) is 0 Å². The second-order valence-electron chi connectivity index (χ2n) is 3.79. The number of benzene rings is 1. The monoisotopic (exact) mass is 213 g/mol. The normalized spacial score (nSPS) is 12.3. The van der Waals surface area contributed by atoms with Gasteiger partial charge in [-0.1, -0.05) is 30.3 Å². The first kappa shape index (κ1) is 10.8. The summed E-state index contributed by atoms with van der Waals surface area (Å²) in [6.45, 7) is 0.638. The minimum Gasteiger partial charge on any atom is -0.330 e. The first-order valence-corrected chi connectivity index (χ1v) is 5.39. The molecule has 1 unspecified atom stereocenters. The lowest BCUT2D eigenvalue weighted by Crippen LogP contribution is -2.15. The SMILES string of the molecule is NCC(Cc1cncnc1)c1ccccc1. The highest BCUT2D eigenvalue weighted by atomic mass is 14.8. The Morgan fingerprint density at radius 2 is 1.75 bits per heavy atom. The third kappa shape index (κ3) is 2.64. The summed E-state index contributed by atoms with van der Waals surface area (Å²) in [5, 5.41) is 0. The number of hydrogen-bond acceptors (Lipinski definition) is 3. The number of aromatic nitrogens is 2. The molecule has 0 bridgehead atoms. The van der Waals surface area contributed by atoms with Crippen LogP contribution in [0.3, 0.4) is 0 Å². The van der Waals surface area contributed by atoms with Crippen molar-refractivity contribution in [3.63, 3.8) is 0 Å². The summed E-state index contributed by atoms with van der Waals surface area (Å²) < 4.78 is 0. The zero-order valence-electron chi connectivity index (χ0n) is 9.08. The molecule has 0 amide bonds. The van der Waals surface area contributed by atoms with Crippen molar-refractivity contribution < 1.29 is 0 Å². The molecule has 2 aromatic rings. The van der Waals surface area contributed by atoms with Gasteiger partial charge in [-0.3, -0.25) is 0 Å². The van der Waals surface area contributed by atoms with E-state index in [0.29, 0.717) is 12.5 Å². The van der Waals surface area contributed by atoms with Crippen molar-refractivity contribution in [2.24, 2.45) is 5.73 Å². The van der Waals surface area contributed by atoms with Crippen LogP contribution in [-0.4, -0.2) is 16.5 Å². The lowest BCUT2D eigenvalue weighted by atomic mass is 9.93. The molecule has 3 nitrogen and oxygen atoms in total. The number of rotatable bonds is 4. The van der Waals surface area contributed by atoms with Crippen LogP contribution in [0, 0.1) is 0 Å². The predicted molar refractivity (Wildman–Crippen MR) is 64.0 cm³/mol. The van der Waals surface area contributed by atoms with E-state index in [0.717, 1.165) is 12.0 Å². The highest BCUT2D eigenvalue weighted by Gasteiger charge is 2.10.